The summed E-state index contributed by atoms with van der Waals surface area (Å²) in [6, 6.07) is 8.04. The Morgan fingerprint density at radius 1 is 1.22 bits per heavy atom. The fourth-order valence-corrected chi connectivity index (χ4v) is 4.89. The van der Waals surface area contributed by atoms with Gasteiger partial charge in [-0.05, 0) is 52.5 Å². The highest BCUT2D eigenvalue weighted by Crippen LogP contribution is 2.37. The second kappa shape index (κ2) is 9.26. The Labute approximate surface area is 195 Å². The lowest BCUT2D eigenvalue weighted by molar-refractivity contribution is -0.140. The van der Waals surface area contributed by atoms with Crippen LogP contribution in [0.1, 0.15) is 61.8 Å². The van der Waals surface area contributed by atoms with Crippen LogP contribution in [0, 0.1) is 12.3 Å². The number of amides is 1. The van der Waals surface area contributed by atoms with Gasteiger partial charge in [0, 0.05) is 42.3 Å². The van der Waals surface area contributed by atoms with Gasteiger partial charge >= 0.3 is 0 Å². The van der Waals surface area contributed by atoms with Crippen LogP contribution in [0.15, 0.2) is 24.3 Å². The van der Waals surface area contributed by atoms with E-state index < -0.39 is 5.41 Å². The number of rotatable bonds is 6. The van der Waals surface area contributed by atoms with E-state index in [0.29, 0.717) is 5.88 Å². The van der Waals surface area contributed by atoms with Crippen LogP contribution in [0.4, 0.5) is 5.82 Å². The summed E-state index contributed by atoms with van der Waals surface area (Å²) in [5.41, 5.74) is 2.78. The van der Waals surface area contributed by atoms with Crippen LogP contribution in [-0.4, -0.2) is 46.9 Å². The molecule has 32 heavy (non-hydrogen) atoms. The van der Waals surface area contributed by atoms with Crippen molar-refractivity contribution in [3.63, 3.8) is 0 Å². The van der Waals surface area contributed by atoms with Gasteiger partial charge in [0.25, 0.3) is 0 Å². The van der Waals surface area contributed by atoms with E-state index in [9.17, 15) is 4.79 Å². The summed E-state index contributed by atoms with van der Waals surface area (Å²) in [4.78, 5) is 27.4. The maximum atomic E-state index is 13.2. The molecule has 1 unspecified atom stereocenters. The molecular formula is C25H33ClN4O2. The van der Waals surface area contributed by atoms with Crippen molar-refractivity contribution in [1.29, 1.82) is 0 Å². The third-order valence-corrected chi connectivity index (χ3v) is 7.31. The number of aromatic nitrogens is 2. The van der Waals surface area contributed by atoms with Gasteiger partial charge < -0.3 is 14.5 Å². The van der Waals surface area contributed by atoms with Gasteiger partial charge in [-0.25, -0.2) is 9.97 Å². The number of alkyl halides is 1. The number of aryl methyl sites for hydroxylation is 1. The summed E-state index contributed by atoms with van der Waals surface area (Å²) in [5.74, 6) is 3.03. The molecule has 0 spiro atoms. The predicted octanol–water partition coefficient (Wildman–Crippen LogP) is 4.67. The van der Waals surface area contributed by atoms with Gasteiger partial charge in [-0.15, -0.1) is 11.6 Å². The average molecular weight is 457 g/mol. The van der Waals surface area contributed by atoms with E-state index >= 15 is 0 Å². The second-order valence-corrected chi connectivity index (χ2v) is 9.75. The quantitative estimate of drug-likeness (QED) is 0.591. The molecule has 2 aromatic rings. The van der Waals surface area contributed by atoms with Crippen molar-refractivity contribution >= 4 is 23.3 Å². The van der Waals surface area contributed by atoms with Gasteiger partial charge in [-0.1, -0.05) is 18.2 Å². The van der Waals surface area contributed by atoms with Crippen molar-refractivity contribution in [2.24, 2.45) is 5.41 Å². The number of carbonyl (C=O) groups is 1. The van der Waals surface area contributed by atoms with Crippen molar-refractivity contribution in [3.05, 3.63) is 46.9 Å². The number of hydrogen-bond donors (Lipinski definition) is 0. The molecule has 6 nitrogen and oxygen atoms in total. The minimum absolute atomic E-state index is 0.0832. The fourth-order valence-electron chi connectivity index (χ4n) is 4.78. The molecule has 2 aliphatic heterocycles. The number of nitrogens with zero attached hydrogens (tertiary/aromatic N) is 4. The normalized spacial score (nSPS) is 18.6. The maximum Gasteiger partial charge on any atom is 0.230 e. The summed E-state index contributed by atoms with van der Waals surface area (Å²) in [7, 11) is 1.71. The molecule has 2 aliphatic rings. The van der Waals surface area contributed by atoms with Crippen LogP contribution in [0.25, 0.3) is 0 Å². The third kappa shape index (κ3) is 4.29. The lowest BCUT2D eigenvalue weighted by atomic mass is 9.94. The minimum atomic E-state index is -0.594. The number of hydrogen-bond acceptors (Lipinski definition) is 5. The number of para-hydroxylation sites is 1. The van der Waals surface area contributed by atoms with Crippen LogP contribution < -0.4 is 9.64 Å². The molecule has 0 N–H and O–H groups in total. The standard InChI is InChI=1S/C25H33ClN4O2/c1-17-19-10-7-13-29(15-18-9-5-6-12-21(18)32-4)23(19)28-22(27-17)20-11-8-14-30(20)24(31)25(2,3)16-26/h5-6,9,12,20H,7-8,10-11,13-16H2,1-4H3. The number of fused-ring (bicyclic) bond motifs is 1. The summed E-state index contributed by atoms with van der Waals surface area (Å²) < 4.78 is 5.57. The van der Waals surface area contributed by atoms with E-state index in [4.69, 9.17) is 26.3 Å². The Kier molecular flexibility index (Phi) is 6.61. The van der Waals surface area contributed by atoms with E-state index in [-0.39, 0.29) is 11.9 Å². The zero-order chi connectivity index (χ0) is 22.9. The van der Waals surface area contributed by atoms with Gasteiger partial charge in [-0.3, -0.25) is 4.79 Å². The molecule has 0 aliphatic carbocycles. The van der Waals surface area contributed by atoms with Crippen molar-refractivity contribution in [1.82, 2.24) is 14.9 Å². The van der Waals surface area contributed by atoms with Crippen LogP contribution in [0.2, 0.25) is 0 Å². The van der Waals surface area contributed by atoms with E-state index in [1.807, 2.05) is 36.9 Å². The SMILES string of the molecule is COc1ccccc1CN1CCCc2c(C)nc(C3CCCN3C(=O)C(C)(C)CCl)nc21. The summed E-state index contributed by atoms with van der Waals surface area (Å²) in [5, 5.41) is 0. The van der Waals surface area contributed by atoms with Crippen molar-refractivity contribution in [2.75, 3.05) is 31.0 Å². The van der Waals surface area contributed by atoms with Crippen LogP contribution >= 0.6 is 11.6 Å². The van der Waals surface area contributed by atoms with Gasteiger partial charge in [0.2, 0.25) is 5.91 Å². The second-order valence-electron chi connectivity index (χ2n) is 9.48. The van der Waals surface area contributed by atoms with E-state index in [1.165, 1.54) is 5.56 Å². The fraction of sp³-hybridized carbons (Fsp3) is 0.560. The number of methoxy groups -OCH3 is 1. The Morgan fingerprint density at radius 2 is 2.00 bits per heavy atom. The summed E-state index contributed by atoms with van der Waals surface area (Å²) >= 11 is 6.11. The van der Waals surface area contributed by atoms with Crippen LogP contribution in [0.3, 0.4) is 0 Å². The first kappa shape index (κ1) is 22.8. The van der Waals surface area contributed by atoms with Crippen LogP contribution in [-0.2, 0) is 17.8 Å². The number of benzene rings is 1. The Morgan fingerprint density at radius 3 is 2.75 bits per heavy atom. The first-order valence-corrected chi connectivity index (χ1v) is 12.0. The minimum Gasteiger partial charge on any atom is -0.496 e. The molecule has 0 bridgehead atoms. The highest BCUT2D eigenvalue weighted by atomic mass is 35.5. The Bertz CT molecular complexity index is 994. The highest BCUT2D eigenvalue weighted by Gasteiger charge is 2.39. The largest absolute Gasteiger partial charge is 0.496 e. The highest BCUT2D eigenvalue weighted by molar-refractivity contribution is 6.19. The summed E-state index contributed by atoms with van der Waals surface area (Å²) in [6.45, 7) is 8.29. The molecule has 1 aromatic carbocycles. The van der Waals surface area contributed by atoms with Crippen molar-refractivity contribution in [3.8, 4) is 5.75 Å². The molecule has 1 aromatic heterocycles. The molecule has 7 heteroatoms. The molecular weight excluding hydrogens is 424 g/mol. The monoisotopic (exact) mass is 456 g/mol. The topological polar surface area (TPSA) is 58.6 Å². The van der Waals surface area contributed by atoms with Gasteiger partial charge in [0.1, 0.15) is 11.6 Å². The average Bonchev–Trinajstić information content (AvgIpc) is 3.29. The number of anilines is 1. The Balaban J connectivity index is 1.67. The molecule has 1 atom stereocenters. The van der Waals surface area contributed by atoms with Gasteiger partial charge in [0.05, 0.1) is 18.6 Å². The van der Waals surface area contributed by atoms with Crippen molar-refractivity contribution < 1.29 is 9.53 Å². The molecule has 1 saturated heterocycles. The molecule has 172 valence electrons. The number of carbonyl (C=O) groups excluding carboxylic acids is 1. The zero-order valence-electron chi connectivity index (χ0n) is 19.5. The lowest BCUT2D eigenvalue weighted by Crippen LogP contribution is -2.42. The first-order valence-electron chi connectivity index (χ1n) is 11.5. The molecule has 1 amide bonds. The lowest BCUT2D eigenvalue weighted by Gasteiger charge is -2.34. The molecule has 3 heterocycles. The van der Waals surface area contributed by atoms with Crippen LogP contribution in [0.5, 0.6) is 5.75 Å². The van der Waals surface area contributed by atoms with Gasteiger partial charge in [-0.2, -0.15) is 0 Å². The van der Waals surface area contributed by atoms with E-state index in [0.717, 1.165) is 74.0 Å². The maximum absolute atomic E-state index is 13.2. The first-order chi connectivity index (χ1) is 15.4. The molecule has 1 fully saturated rings. The number of halogens is 1. The molecule has 0 radical (unpaired) electrons. The van der Waals surface area contributed by atoms with Gasteiger partial charge in [0.15, 0.2) is 5.82 Å². The smallest absolute Gasteiger partial charge is 0.230 e. The van der Waals surface area contributed by atoms with E-state index in [1.54, 1.807) is 7.11 Å². The number of likely N-dealkylation sites (tertiary alicyclic amines) is 1. The van der Waals surface area contributed by atoms with Crippen molar-refractivity contribution in [2.45, 2.75) is 59.0 Å². The zero-order valence-corrected chi connectivity index (χ0v) is 20.3. The summed E-state index contributed by atoms with van der Waals surface area (Å²) in [6.07, 6.45) is 3.90. The Hall–Kier alpha value is -2.34. The molecule has 0 saturated carbocycles. The number of ether oxygens (including phenoxy) is 1. The third-order valence-electron chi connectivity index (χ3n) is 6.64. The van der Waals surface area contributed by atoms with E-state index in [2.05, 4.69) is 17.9 Å². The molecule has 4 rings (SSSR count). The predicted molar refractivity (Wildman–Crippen MR) is 127 cm³/mol.